The molecule has 4 aromatic rings. The van der Waals surface area contributed by atoms with Crippen molar-refractivity contribution in [3.05, 3.63) is 84.6 Å². The zero-order valence-electron chi connectivity index (χ0n) is 20.9. The van der Waals surface area contributed by atoms with Crippen LogP contribution in [0.4, 0.5) is 11.5 Å². The number of carbonyl (C=O) groups excluding carboxylic acids is 2. The normalized spacial score (nSPS) is 12.7. The van der Waals surface area contributed by atoms with Gasteiger partial charge in [-0.1, -0.05) is 24.3 Å². The molecule has 0 radical (unpaired) electrons. The average Bonchev–Trinajstić information content (AvgIpc) is 3.40. The van der Waals surface area contributed by atoms with Gasteiger partial charge in [0.15, 0.2) is 11.6 Å². The van der Waals surface area contributed by atoms with Gasteiger partial charge in [0.05, 0.1) is 37.7 Å². The van der Waals surface area contributed by atoms with Crippen LogP contribution >= 0.6 is 0 Å². The number of nitrogens with zero attached hydrogens (tertiary/aromatic N) is 5. The zero-order chi connectivity index (χ0) is 26.3. The van der Waals surface area contributed by atoms with E-state index in [0.29, 0.717) is 29.4 Å². The molecule has 0 bridgehead atoms. The van der Waals surface area contributed by atoms with Crippen LogP contribution in [0.1, 0.15) is 36.9 Å². The molecule has 0 fully saturated rings. The van der Waals surface area contributed by atoms with Gasteiger partial charge in [-0.25, -0.2) is 9.50 Å². The summed E-state index contributed by atoms with van der Waals surface area (Å²) in [7, 11) is 1.29. The van der Waals surface area contributed by atoms with Gasteiger partial charge in [0.25, 0.3) is 0 Å². The molecule has 192 valence electrons. The van der Waals surface area contributed by atoms with Gasteiger partial charge in [0.1, 0.15) is 5.52 Å². The molecule has 1 aliphatic carbocycles. The molecule has 0 unspecified atom stereocenters. The maximum absolute atomic E-state index is 12.3. The molecule has 4 heterocycles. The quantitative estimate of drug-likeness (QED) is 0.318. The highest BCUT2D eigenvalue weighted by atomic mass is 16.5. The molecule has 0 aliphatic heterocycles. The first kappa shape index (κ1) is 24.8. The molecule has 1 aliphatic rings. The highest BCUT2D eigenvalue weighted by Crippen LogP contribution is 2.32. The second kappa shape index (κ2) is 11.5. The molecule has 4 aromatic heterocycles. The summed E-state index contributed by atoms with van der Waals surface area (Å²) in [6.45, 7) is 0.491. The number of fused-ring (bicyclic) bond motifs is 1. The van der Waals surface area contributed by atoms with Crippen molar-refractivity contribution in [3.8, 4) is 11.4 Å². The highest BCUT2D eigenvalue weighted by molar-refractivity contribution is 5.93. The lowest BCUT2D eigenvalue weighted by Gasteiger charge is -2.13. The van der Waals surface area contributed by atoms with E-state index in [0.717, 1.165) is 29.6 Å². The smallest absolute Gasteiger partial charge is 0.306 e. The lowest BCUT2D eigenvalue weighted by molar-refractivity contribution is -0.141. The number of carbonyl (C=O) groups is 2. The standard InChI is InChI=1S/C28H27N7O3/c1-38-25(37)11-10-24(36)32-22-15-20(16-29-17-22)27-33-28(31-18-21-9-5-6-13-30-21)26-23(12-14-35(26)34-27)19-7-3-2-4-8-19/h2-3,5-7,9,12-17H,4,8,10-11,18H2,1H3,(H,32,36)(H,31,33,34). The van der Waals surface area contributed by atoms with Crippen molar-refractivity contribution in [2.75, 3.05) is 17.7 Å². The van der Waals surface area contributed by atoms with E-state index in [1.807, 2.05) is 28.9 Å². The number of allylic oxidation sites excluding steroid dienone is 4. The Morgan fingerprint density at radius 3 is 2.87 bits per heavy atom. The first-order valence-electron chi connectivity index (χ1n) is 12.3. The molecule has 38 heavy (non-hydrogen) atoms. The Morgan fingerprint density at radius 1 is 1.16 bits per heavy atom. The van der Waals surface area contributed by atoms with Crippen molar-refractivity contribution >= 4 is 34.5 Å². The van der Waals surface area contributed by atoms with Gasteiger partial charge in [-0.3, -0.25) is 19.6 Å². The second-order valence-electron chi connectivity index (χ2n) is 8.73. The number of anilines is 2. The predicted octanol–water partition coefficient (Wildman–Crippen LogP) is 4.42. The molecule has 0 atom stereocenters. The summed E-state index contributed by atoms with van der Waals surface area (Å²) >= 11 is 0. The lowest BCUT2D eigenvalue weighted by Crippen LogP contribution is -2.14. The van der Waals surface area contributed by atoms with E-state index < -0.39 is 5.97 Å². The number of aromatic nitrogens is 5. The summed E-state index contributed by atoms with van der Waals surface area (Å²) in [5, 5.41) is 11.0. The Labute approximate surface area is 219 Å². The van der Waals surface area contributed by atoms with Crippen LogP contribution in [0.25, 0.3) is 22.5 Å². The third kappa shape index (κ3) is 5.75. The summed E-state index contributed by atoms with van der Waals surface area (Å²) in [5.74, 6) is 0.362. The number of methoxy groups -OCH3 is 1. The van der Waals surface area contributed by atoms with Gasteiger partial charge < -0.3 is 15.4 Å². The van der Waals surface area contributed by atoms with Gasteiger partial charge in [-0.05, 0) is 42.7 Å². The van der Waals surface area contributed by atoms with Gasteiger partial charge in [-0.15, -0.1) is 5.10 Å². The number of nitrogens with one attached hydrogen (secondary N) is 2. The summed E-state index contributed by atoms with van der Waals surface area (Å²) in [6, 6.07) is 9.60. The Hall–Kier alpha value is -4.86. The highest BCUT2D eigenvalue weighted by Gasteiger charge is 2.18. The number of hydrogen-bond donors (Lipinski definition) is 2. The van der Waals surface area contributed by atoms with E-state index >= 15 is 0 Å². The number of esters is 1. The Bertz CT molecular complexity index is 1530. The molecule has 5 rings (SSSR count). The van der Waals surface area contributed by atoms with Crippen LogP contribution in [0.3, 0.4) is 0 Å². The molecule has 0 spiro atoms. The minimum Gasteiger partial charge on any atom is -0.469 e. The SMILES string of the molecule is COC(=O)CCC(=O)Nc1cncc(-c2nc(NCc3ccccn3)c3c(C4=CC=CCC4)ccn3n2)c1. The first-order valence-corrected chi connectivity index (χ1v) is 12.3. The third-order valence-corrected chi connectivity index (χ3v) is 6.10. The second-order valence-corrected chi connectivity index (χ2v) is 8.73. The molecule has 2 N–H and O–H groups in total. The van der Waals surface area contributed by atoms with Crippen molar-refractivity contribution in [3.63, 3.8) is 0 Å². The Balaban J connectivity index is 1.47. The lowest BCUT2D eigenvalue weighted by atomic mass is 9.98. The van der Waals surface area contributed by atoms with Gasteiger partial charge in [-0.2, -0.15) is 0 Å². The van der Waals surface area contributed by atoms with Crippen molar-refractivity contribution in [2.24, 2.45) is 0 Å². The largest absolute Gasteiger partial charge is 0.469 e. The minimum absolute atomic E-state index is 0.00270. The summed E-state index contributed by atoms with van der Waals surface area (Å²) in [6.07, 6.45) is 15.2. The van der Waals surface area contributed by atoms with E-state index in [1.54, 1.807) is 18.5 Å². The molecule has 0 saturated heterocycles. The van der Waals surface area contributed by atoms with Crippen LogP contribution in [0, 0.1) is 0 Å². The molecule has 10 heteroatoms. The van der Waals surface area contributed by atoms with E-state index in [9.17, 15) is 9.59 Å². The molecule has 10 nitrogen and oxygen atoms in total. The monoisotopic (exact) mass is 509 g/mol. The van der Waals surface area contributed by atoms with Crippen LogP contribution in [0.2, 0.25) is 0 Å². The number of rotatable bonds is 9. The van der Waals surface area contributed by atoms with Crippen LogP contribution < -0.4 is 10.6 Å². The molecular formula is C28H27N7O3. The maximum Gasteiger partial charge on any atom is 0.306 e. The summed E-state index contributed by atoms with van der Waals surface area (Å²) in [4.78, 5) is 37.2. The topological polar surface area (TPSA) is 123 Å². The third-order valence-electron chi connectivity index (χ3n) is 6.10. The number of amides is 1. The molecular weight excluding hydrogens is 482 g/mol. The van der Waals surface area contributed by atoms with Crippen LogP contribution in [-0.4, -0.2) is 43.6 Å². The van der Waals surface area contributed by atoms with Crippen LogP contribution in [0.5, 0.6) is 0 Å². The first-order chi connectivity index (χ1) is 18.6. The zero-order valence-corrected chi connectivity index (χ0v) is 20.9. The predicted molar refractivity (Wildman–Crippen MR) is 144 cm³/mol. The van der Waals surface area contributed by atoms with Crippen molar-refractivity contribution in [2.45, 2.75) is 32.2 Å². The summed E-state index contributed by atoms with van der Waals surface area (Å²) < 4.78 is 6.41. The van der Waals surface area contributed by atoms with Gasteiger partial charge >= 0.3 is 5.97 Å². The Morgan fingerprint density at radius 2 is 2.08 bits per heavy atom. The average molecular weight is 510 g/mol. The van der Waals surface area contributed by atoms with E-state index in [1.165, 1.54) is 18.9 Å². The maximum atomic E-state index is 12.3. The molecule has 0 aromatic carbocycles. The van der Waals surface area contributed by atoms with Crippen molar-refractivity contribution in [1.82, 2.24) is 24.6 Å². The molecule has 0 saturated carbocycles. The van der Waals surface area contributed by atoms with Crippen LogP contribution in [-0.2, 0) is 20.9 Å². The minimum atomic E-state index is -0.439. The fourth-order valence-corrected chi connectivity index (χ4v) is 4.21. The molecule has 1 amide bonds. The van der Waals surface area contributed by atoms with E-state index in [-0.39, 0.29) is 18.7 Å². The van der Waals surface area contributed by atoms with E-state index in [4.69, 9.17) is 10.1 Å². The fraction of sp³-hybridized carbons (Fsp3) is 0.214. The summed E-state index contributed by atoms with van der Waals surface area (Å²) in [5.41, 5.74) is 5.19. The number of ether oxygens (including phenoxy) is 1. The fourth-order valence-electron chi connectivity index (χ4n) is 4.21. The van der Waals surface area contributed by atoms with Crippen LogP contribution in [0.15, 0.2) is 73.3 Å². The van der Waals surface area contributed by atoms with Gasteiger partial charge in [0.2, 0.25) is 5.91 Å². The number of hydrogen-bond acceptors (Lipinski definition) is 8. The van der Waals surface area contributed by atoms with Crippen molar-refractivity contribution in [1.29, 1.82) is 0 Å². The van der Waals surface area contributed by atoms with E-state index in [2.05, 4.69) is 49.6 Å². The number of pyridine rings is 2. The Kier molecular flexibility index (Phi) is 7.49. The van der Waals surface area contributed by atoms with Crippen molar-refractivity contribution < 1.29 is 14.3 Å². The van der Waals surface area contributed by atoms with Gasteiger partial charge in [0, 0.05) is 36.1 Å².